The molecule has 0 spiro atoms. The molecule has 0 heterocycles. The predicted octanol–water partition coefficient (Wildman–Crippen LogP) is 0.904. The molecule has 0 atom stereocenters. The molecular weight excluding hydrogens is 180 g/mol. The molecule has 0 saturated heterocycles. The maximum absolute atomic E-state index is 10.8. The molecule has 0 aliphatic rings. The van der Waals surface area contributed by atoms with Crippen LogP contribution in [0.4, 0.5) is 0 Å². The summed E-state index contributed by atoms with van der Waals surface area (Å²) in [6.45, 7) is 11.8. The minimum absolute atomic E-state index is 0.146. The SMILES string of the molecule is C=CC(C)(C)NCCC(=C)C(=O)ON. The van der Waals surface area contributed by atoms with Crippen LogP contribution in [0.2, 0.25) is 0 Å². The molecule has 4 nitrogen and oxygen atoms in total. The summed E-state index contributed by atoms with van der Waals surface area (Å²) in [6, 6.07) is 0. The van der Waals surface area contributed by atoms with Crippen LogP contribution < -0.4 is 11.2 Å². The molecule has 0 saturated carbocycles. The van der Waals surface area contributed by atoms with Gasteiger partial charge in [-0.3, -0.25) is 0 Å². The van der Waals surface area contributed by atoms with E-state index in [4.69, 9.17) is 5.90 Å². The van der Waals surface area contributed by atoms with E-state index >= 15 is 0 Å². The van der Waals surface area contributed by atoms with Crippen LogP contribution in [0.3, 0.4) is 0 Å². The second kappa shape index (κ2) is 5.57. The average Bonchev–Trinajstić information content (AvgIpc) is 2.16. The smallest absolute Gasteiger partial charge is 0.351 e. The minimum Gasteiger partial charge on any atom is -0.370 e. The molecule has 0 fully saturated rings. The van der Waals surface area contributed by atoms with Gasteiger partial charge in [-0.05, 0) is 20.3 Å². The van der Waals surface area contributed by atoms with E-state index in [2.05, 4.69) is 23.3 Å². The van der Waals surface area contributed by atoms with Crippen molar-refractivity contribution >= 4 is 5.97 Å². The summed E-state index contributed by atoms with van der Waals surface area (Å²) in [7, 11) is 0. The van der Waals surface area contributed by atoms with Gasteiger partial charge >= 0.3 is 5.97 Å². The first-order chi connectivity index (χ1) is 6.43. The molecular formula is C10H18N2O2. The fourth-order valence-electron chi connectivity index (χ4n) is 0.793. The van der Waals surface area contributed by atoms with Crippen LogP contribution in [0.5, 0.6) is 0 Å². The lowest BCUT2D eigenvalue weighted by Crippen LogP contribution is -2.37. The van der Waals surface area contributed by atoms with Gasteiger partial charge in [0.05, 0.1) is 0 Å². The van der Waals surface area contributed by atoms with Crippen molar-refractivity contribution in [2.75, 3.05) is 6.54 Å². The standard InChI is InChI=1S/C10H18N2O2/c1-5-10(3,4)12-7-6-8(2)9(13)14-11/h5,12H,1-2,6-7,11H2,3-4H3. The van der Waals surface area contributed by atoms with Crippen LogP contribution in [-0.2, 0) is 9.63 Å². The topological polar surface area (TPSA) is 64.3 Å². The molecule has 0 aromatic rings. The van der Waals surface area contributed by atoms with Gasteiger partial charge in [0.25, 0.3) is 0 Å². The van der Waals surface area contributed by atoms with Gasteiger partial charge in [0, 0.05) is 17.7 Å². The molecule has 0 bridgehead atoms. The van der Waals surface area contributed by atoms with Crippen molar-refractivity contribution in [3.8, 4) is 0 Å². The molecule has 0 aliphatic heterocycles. The minimum atomic E-state index is -0.566. The first-order valence-electron chi connectivity index (χ1n) is 4.40. The highest BCUT2D eigenvalue weighted by Crippen LogP contribution is 2.04. The van der Waals surface area contributed by atoms with E-state index in [0.717, 1.165) is 0 Å². The van der Waals surface area contributed by atoms with Gasteiger partial charge in [0.15, 0.2) is 0 Å². The Kier molecular flexibility index (Phi) is 5.12. The number of nitrogens with two attached hydrogens (primary N) is 1. The lowest BCUT2D eigenvalue weighted by molar-refractivity contribution is -0.139. The Balaban J connectivity index is 3.80. The third-order valence-electron chi connectivity index (χ3n) is 1.91. The lowest BCUT2D eigenvalue weighted by Gasteiger charge is -2.21. The Morgan fingerprint density at radius 2 is 2.21 bits per heavy atom. The van der Waals surface area contributed by atoms with Crippen molar-refractivity contribution in [2.24, 2.45) is 5.90 Å². The predicted molar refractivity (Wildman–Crippen MR) is 56.3 cm³/mol. The van der Waals surface area contributed by atoms with Crippen LogP contribution in [-0.4, -0.2) is 18.1 Å². The molecule has 0 amide bonds. The van der Waals surface area contributed by atoms with E-state index in [1.165, 1.54) is 0 Å². The number of hydrogen-bond acceptors (Lipinski definition) is 4. The monoisotopic (exact) mass is 198 g/mol. The molecule has 0 aromatic heterocycles. The van der Waals surface area contributed by atoms with Crippen molar-refractivity contribution in [1.29, 1.82) is 0 Å². The Bertz CT molecular complexity index is 234. The summed E-state index contributed by atoms with van der Waals surface area (Å²) in [5.41, 5.74) is 0.215. The van der Waals surface area contributed by atoms with Gasteiger partial charge in [0.2, 0.25) is 0 Å². The van der Waals surface area contributed by atoms with Gasteiger partial charge in [-0.2, -0.15) is 5.90 Å². The number of carbonyl (C=O) groups excluding carboxylic acids is 1. The first kappa shape index (κ1) is 12.9. The highest BCUT2D eigenvalue weighted by molar-refractivity contribution is 5.87. The van der Waals surface area contributed by atoms with E-state index in [-0.39, 0.29) is 5.54 Å². The van der Waals surface area contributed by atoms with Crippen LogP contribution in [0, 0.1) is 0 Å². The molecule has 0 radical (unpaired) electrons. The third-order valence-corrected chi connectivity index (χ3v) is 1.91. The van der Waals surface area contributed by atoms with Gasteiger partial charge in [-0.25, -0.2) is 4.79 Å². The molecule has 0 unspecified atom stereocenters. The van der Waals surface area contributed by atoms with Crippen LogP contribution >= 0.6 is 0 Å². The van der Waals surface area contributed by atoms with E-state index in [9.17, 15) is 4.79 Å². The second-order valence-corrected chi connectivity index (χ2v) is 3.61. The molecule has 4 heteroatoms. The third kappa shape index (κ3) is 4.79. The second-order valence-electron chi connectivity index (χ2n) is 3.61. The zero-order chi connectivity index (χ0) is 11.2. The van der Waals surface area contributed by atoms with Crippen molar-refractivity contribution in [2.45, 2.75) is 25.8 Å². The quantitative estimate of drug-likeness (QED) is 0.378. The largest absolute Gasteiger partial charge is 0.370 e. The van der Waals surface area contributed by atoms with Gasteiger partial charge in [-0.1, -0.05) is 12.7 Å². The lowest BCUT2D eigenvalue weighted by atomic mass is 10.1. The van der Waals surface area contributed by atoms with E-state index in [1.54, 1.807) is 6.08 Å². The molecule has 14 heavy (non-hydrogen) atoms. The normalized spacial score (nSPS) is 10.8. The number of nitrogens with one attached hydrogen (secondary N) is 1. The summed E-state index contributed by atoms with van der Waals surface area (Å²) >= 11 is 0. The Labute approximate surface area is 84.8 Å². The molecule has 0 aromatic carbocycles. The maximum Gasteiger partial charge on any atom is 0.351 e. The van der Waals surface area contributed by atoms with Crippen molar-refractivity contribution < 1.29 is 9.63 Å². The summed E-state index contributed by atoms with van der Waals surface area (Å²) in [5.74, 6) is 4.14. The van der Waals surface area contributed by atoms with E-state index < -0.39 is 5.97 Å². The molecule has 3 N–H and O–H groups in total. The highest BCUT2D eigenvalue weighted by Gasteiger charge is 2.12. The van der Waals surface area contributed by atoms with E-state index in [0.29, 0.717) is 18.5 Å². The first-order valence-corrected chi connectivity index (χ1v) is 4.40. The van der Waals surface area contributed by atoms with Gasteiger partial charge in [-0.15, -0.1) is 6.58 Å². The van der Waals surface area contributed by atoms with Crippen LogP contribution in [0.25, 0.3) is 0 Å². The van der Waals surface area contributed by atoms with Gasteiger partial charge in [0.1, 0.15) is 0 Å². The number of rotatable bonds is 6. The fraction of sp³-hybridized carbons (Fsp3) is 0.500. The Hall–Kier alpha value is -1.13. The van der Waals surface area contributed by atoms with Crippen molar-refractivity contribution in [1.82, 2.24) is 5.32 Å². The summed E-state index contributed by atoms with van der Waals surface area (Å²) in [5, 5.41) is 3.19. The van der Waals surface area contributed by atoms with Crippen LogP contribution in [0.1, 0.15) is 20.3 Å². The zero-order valence-corrected chi connectivity index (χ0v) is 8.80. The Morgan fingerprint density at radius 3 is 2.64 bits per heavy atom. The summed E-state index contributed by atoms with van der Waals surface area (Å²) in [6.07, 6.45) is 2.31. The molecule has 80 valence electrons. The zero-order valence-electron chi connectivity index (χ0n) is 8.80. The van der Waals surface area contributed by atoms with Crippen LogP contribution in [0.15, 0.2) is 24.8 Å². The van der Waals surface area contributed by atoms with Gasteiger partial charge < -0.3 is 10.2 Å². The summed E-state index contributed by atoms with van der Waals surface area (Å²) < 4.78 is 0. The number of carbonyl (C=O) groups is 1. The van der Waals surface area contributed by atoms with Crippen molar-refractivity contribution in [3.05, 3.63) is 24.8 Å². The van der Waals surface area contributed by atoms with E-state index in [1.807, 2.05) is 13.8 Å². The average molecular weight is 198 g/mol. The molecule has 0 rings (SSSR count). The maximum atomic E-state index is 10.8. The summed E-state index contributed by atoms with van der Waals surface area (Å²) in [4.78, 5) is 14.9. The highest BCUT2D eigenvalue weighted by atomic mass is 16.7. The fourth-order valence-corrected chi connectivity index (χ4v) is 0.793. The molecule has 0 aliphatic carbocycles. The number of hydrogen-bond donors (Lipinski definition) is 2. The van der Waals surface area contributed by atoms with Crippen molar-refractivity contribution in [3.63, 3.8) is 0 Å². The Morgan fingerprint density at radius 1 is 1.64 bits per heavy atom.